The smallest absolute Gasteiger partial charge is 0.241 e. The van der Waals surface area contributed by atoms with Gasteiger partial charge < -0.3 is 9.80 Å². The van der Waals surface area contributed by atoms with Crippen LogP contribution >= 0.6 is 0 Å². The van der Waals surface area contributed by atoms with Gasteiger partial charge in [-0.2, -0.15) is 0 Å². The van der Waals surface area contributed by atoms with E-state index in [1.807, 2.05) is 19.1 Å². The van der Waals surface area contributed by atoms with Gasteiger partial charge in [-0.1, -0.05) is 24.3 Å². The molecule has 0 aromatic heterocycles. The van der Waals surface area contributed by atoms with Crippen LogP contribution in [-0.4, -0.2) is 49.9 Å². The average molecular weight is 278 g/mol. The Morgan fingerprint density at radius 2 is 1.80 bits per heavy atom. The highest BCUT2D eigenvalue weighted by Gasteiger charge is 2.13. The van der Waals surface area contributed by atoms with Gasteiger partial charge in [-0.25, -0.2) is 5.84 Å². The number of nitrogens with two attached hydrogens (primary N) is 1. The third-order valence-electron chi connectivity index (χ3n) is 3.40. The van der Waals surface area contributed by atoms with Crippen LogP contribution in [0.3, 0.4) is 0 Å². The minimum Gasteiger partial charge on any atom is -0.308 e. The second kappa shape index (κ2) is 7.99. The van der Waals surface area contributed by atoms with Crippen molar-refractivity contribution in [1.29, 1.82) is 0 Å². The highest BCUT2D eigenvalue weighted by atomic mass is 16.2. The number of hydrazine groups is 1. The predicted molar refractivity (Wildman–Crippen MR) is 82.1 cm³/mol. The molecule has 20 heavy (non-hydrogen) atoms. The molecule has 5 heteroatoms. The highest BCUT2D eigenvalue weighted by molar-refractivity contribution is 5.82. The SMILES string of the molecule is CC(C(=O)NN)c1ccc(CN(C)CCN(C)C)cc1. The van der Waals surface area contributed by atoms with Crippen molar-refractivity contribution in [3.8, 4) is 0 Å². The third kappa shape index (κ3) is 5.28. The number of likely N-dealkylation sites (N-methyl/N-ethyl adjacent to an activating group) is 2. The van der Waals surface area contributed by atoms with E-state index in [0.717, 1.165) is 25.2 Å². The molecular weight excluding hydrogens is 252 g/mol. The number of nitrogens with zero attached hydrogens (tertiary/aromatic N) is 2. The summed E-state index contributed by atoms with van der Waals surface area (Å²) in [4.78, 5) is 15.9. The maximum atomic E-state index is 11.5. The van der Waals surface area contributed by atoms with Crippen LogP contribution in [0.15, 0.2) is 24.3 Å². The molecule has 1 amide bonds. The van der Waals surface area contributed by atoms with Gasteiger partial charge in [0.2, 0.25) is 5.91 Å². The lowest BCUT2D eigenvalue weighted by Crippen LogP contribution is -2.33. The van der Waals surface area contributed by atoms with Gasteiger partial charge in [-0.15, -0.1) is 0 Å². The Bertz CT molecular complexity index is 416. The van der Waals surface area contributed by atoms with Gasteiger partial charge in [0.05, 0.1) is 5.92 Å². The zero-order valence-corrected chi connectivity index (χ0v) is 12.9. The minimum atomic E-state index is -0.222. The Kier molecular flexibility index (Phi) is 6.64. The fourth-order valence-corrected chi connectivity index (χ4v) is 1.95. The van der Waals surface area contributed by atoms with Crippen molar-refractivity contribution in [1.82, 2.24) is 15.2 Å². The van der Waals surface area contributed by atoms with Crippen molar-refractivity contribution in [2.75, 3.05) is 34.2 Å². The second-order valence-corrected chi connectivity index (χ2v) is 5.51. The first kappa shape index (κ1) is 16.6. The maximum Gasteiger partial charge on any atom is 0.241 e. The minimum absolute atomic E-state index is 0.166. The van der Waals surface area contributed by atoms with Crippen molar-refractivity contribution >= 4 is 5.91 Å². The molecule has 1 atom stereocenters. The standard InChI is InChI=1S/C15H26N4O/c1-12(15(20)17-16)14-7-5-13(6-8-14)11-19(4)10-9-18(2)3/h5-8,12H,9-11,16H2,1-4H3,(H,17,20). The molecule has 3 N–H and O–H groups in total. The number of hydrogen-bond donors (Lipinski definition) is 2. The monoisotopic (exact) mass is 278 g/mol. The van der Waals surface area contributed by atoms with Gasteiger partial charge >= 0.3 is 0 Å². The number of amides is 1. The molecule has 0 aliphatic rings. The summed E-state index contributed by atoms with van der Waals surface area (Å²) < 4.78 is 0. The Morgan fingerprint density at radius 1 is 1.20 bits per heavy atom. The van der Waals surface area contributed by atoms with Crippen LogP contribution in [0.1, 0.15) is 24.0 Å². The number of benzene rings is 1. The number of carbonyl (C=O) groups excluding carboxylic acids is 1. The van der Waals surface area contributed by atoms with E-state index in [4.69, 9.17) is 5.84 Å². The van der Waals surface area contributed by atoms with Gasteiger partial charge in [-0.3, -0.25) is 10.2 Å². The van der Waals surface area contributed by atoms with E-state index in [9.17, 15) is 4.79 Å². The van der Waals surface area contributed by atoms with E-state index < -0.39 is 0 Å². The molecule has 0 aliphatic carbocycles. The number of hydrogen-bond acceptors (Lipinski definition) is 4. The molecule has 1 aromatic carbocycles. The first-order chi connectivity index (χ1) is 9.43. The Balaban J connectivity index is 2.56. The van der Waals surface area contributed by atoms with E-state index >= 15 is 0 Å². The van der Waals surface area contributed by atoms with Crippen LogP contribution < -0.4 is 11.3 Å². The lowest BCUT2D eigenvalue weighted by molar-refractivity contribution is -0.122. The maximum absolute atomic E-state index is 11.5. The van der Waals surface area contributed by atoms with Crippen LogP contribution in [-0.2, 0) is 11.3 Å². The van der Waals surface area contributed by atoms with Crippen molar-refractivity contribution in [3.05, 3.63) is 35.4 Å². The Morgan fingerprint density at radius 3 is 2.30 bits per heavy atom. The van der Waals surface area contributed by atoms with Gasteiger partial charge in [0.15, 0.2) is 0 Å². The van der Waals surface area contributed by atoms with Crippen LogP contribution in [0.4, 0.5) is 0 Å². The second-order valence-electron chi connectivity index (χ2n) is 5.51. The largest absolute Gasteiger partial charge is 0.308 e. The summed E-state index contributed by atoms with van der Waals surface area (Å²) in [6, 6.07) is 8.13. The molecular formula is C15H26N4O. The van der Waals surface area contributed by atoms with Gasteiger partial charge in [-0.05, 0) is 39.2 Å². The number of carbonyl (C=O) groups is 1. The van der Waals surface area contributed by atoms with E-state index in [1.54, 1.807) is 0 Å². The fraction of sp³-hybridized carbons (Fsp3) is 0.533. The van der Waals surface area contributed by atoms with Gasteiger partial charge in [0, 0.05) is 19.6 Å². The van der Waals surface area contributed by atoms with Crippen LogP contribution in [0.25, 0.3) is 0 Å². The molecule has 112 valence electrons. The lowest BCUT2D eigenvalue weighted by atomic mass is 9.99. The molecule has 1 rings (SSSR count). The zero-order chi connectivity index (χ0) is 15.1. The van der Waals surface area contributed by atoms with Crippen LogP contribution in [0.2, 0.25) is 0 Å². The normalized spacial score (nSPS) is 12.8. The molecule has 0 radical (unpaired) electrons. The Labute approximate surface area is 121 Å². The third-order valence-corrected chi connectivity index (χ3v) is 3.40. The molecule has 0 aliphatic heterocycles. The molecule has 0 saturated carbocycles. The van der Waals surface area contributed by atoms with E-state index in [1.165, 1.54) is 5.56 Å². The lowest BCUT2D eigenvalue weighted by Gasteiger charge is -2.19. The summed E-state index contributed by atoms with van der Waals surface area (Å²) in [6.45, 7) is 4.83. The first-order valence-electron chi connectivity index (χ1n) is 6.86. The number of nitrogens with one attached hydrogen (secondary N) is 1. The highest BCUT2D eigenvalue weighted by Crippen LogP contribution is 2.16. The summed E-state index contributed by atoms with van der Waals surface area (Å²) in [5, 5.41) is 0. The molecule has 1 aromatic rings. The van der Waals surface area contributed by atoms with E-state index in [2.05, 4.69) is 48.5 Å². The molecule has 0 bridgehead atoms. The molecule has 0 heterocycles. The average Bonchev–Trinajstić information content (AvgIpc) is 2.44. The van der Waals surface area contributed by atoms with Crippen LogP contribution in [0, 0.1) is 0 Å². The molecule has 0 saturated heterocycles. The summed E-state index contributed by atoms with van der Waals surface area (Å²) in [7, 11) is 6.26. The zero-order valence-electron chi connectivity index (χ0n) is 12.9. The predicted octanol–water partition coefficient (Wildman–Crippen LogP) is 0.773. The molecule has 1 unspecified atom stereocenters. The summed E-state index contributed by atoms with van der Waals surface area (Å²) >= 11 is 0. The van der Waals surface area contributed by atoms with Gasteiger partial charge in [0.1, 0.15) is 0 Å². The van der Waals surface area contributed by atoms with Crippen molar-refractivity contribution < 1.29 is 4.79 Å². The molecule has 0 spiro atoms. The van der Waals surface area contributed by atoms with Crippen molar-refractivity contribution in [2.45, 2.75) is 19.4 Å². The fourth-order valence-electron chi connectivity index (χ4n) is 1.95. The molecule has 5 nitrogen and oxygen atoms in total. The van der Waals surface area contributed by atoms with E-state index in [-0.39, 0.29) is 11.8 Å². The quantitative estimate of drug-likeness (QED) is 0.439. The van der Waals surface area contributed by atoms with E-state index in [0.29, 0.717) is 0 Å². The van der Waals surface area contributed by atoms with Crippen molar-refractivity contribution in [3.63, 3.8) is 0 Å². The summed E-state index contributed by atoms with van der Waals surface area (Å²) in [5.41, 5.74) is 4.41. The van der Waals surface area contributed by atoms with Crippen molar-refractivity contribution in [2.24, 2.45) is 5.84 Å². The van der Waals surface area contributed by atoms with Crippen LogP contribution in [0.5, 0.6) is 0 Å². The summed E-state index contributed by atoms with van der Waals surface area (Å²) in [5.74, 6) is 4.77. The van der Waals surface area contributed by atoms with Gasteiger partial charge in [0.25, 0.3) is 0 Å². The summed E-state index contributed by atoms with van der Waals surface area (Å²) in [6.07, 6.45) is 0. The first-order valence-corrected chi connectivity index (χ1v) is 6.86. The number of rotatable bonds is 7. The topological polar surface area (TPSA) is 61.6 Å². The molecule has 0 fully saturated rings. The Hall–Kier alpha value is -1.43.